The summed E-state index contributed by atoms with van der Waals surface area (Å²) in [5, 5.41) is 16.0. The van der Waals surface area contributed by atoms with Gasteiger partial charge in [-0.1, -0.05) is 93.1 Å². The molecule has 0 aliphatic carbocycles. The number of fused-ring (bicyclic) bond motifs is 2. The fourth-order valence-electron chi connectivity index (χ4n) is 4.65. The molecule has 4 atom stereocenters. The monoisotopic (exact) mass is 575 g/mol. The lowest BCUT2D eigenvalue weighted by molar-refractivity contribution is -0.155. The molecule has 1 aliphatic rings. The molecule has 9 heteroatoms. The molecule has 0 spiro atoms. The van der Waals surface area contributed by atoms with Crippen molar-refractivity contribution >= 4 is 17.8 Å². The highest BCUT2D eigenvalue weighted by atomic mass is 16.5. The van der Waals surface area contributed by atoms with Gasteiger partial charge in [-0.25, -0.2) is 9.78 Å². The first-order valence-corrected chi connectivity index (χ1v) is 14.2. The number of carbonyl (C=O) groups excluding carboxylic acids is 3. The summed E-state index contributed by atoms with van der Waals surface area (Å²) >= 11 is 0. The van der Waals surface area contributed by atoms with Crippen LogP contribution < -0.4 is 10.6 Å². The Balaban J connectivity index is 1.90. The van der Waals surface area contributed by atoms with E-state index in [9.17, 15) is 19.5 Å². The molecular weight excluding hydrogens is 534 g/mol. The van der Waals surface area contributed by atoms with Crippen molar-refractivity contribution in [3.05, 3.63) is 102 Å². The van der Waals surface area contributed by atoms with Crippen molar-refractivity contribution in [3.63, 3.8) is 0 Å². The number of oxazole rings is 1. The van der Waals surface area contributed by atoms with Crippen LogP contribution in [0.5, 0.6) is 0 Å². The van der Waals surface area contributed by atoms with Crippen molar-refractivity contribution in [2.45, 2.75) is 65.2 Å². The van der Waals surface area contributed by atoms with E-state index in [0.717, 1.165) is 11.1 Å². The largest absolute Gasteiger partial charge is 0.460 e. The lowest BCUT2D eigenvalue weighted by atomic mass is 9.94. The number of hydrogen-bond donors (Lipinski definition) is 3. The third-order valence-corrected chi connectivity index (χ3v) is 6.76. The molecule has 0 saturated heterocycles. The maximum Gasteiger partial charge on any atom is 0.329 e. The Labute approximate surface area is 247 Å². The molecule has 224 valence electrons. The summed E-state index contributed by atoms with van der Waals surface area (Å²) in [6.07, 6.45) is 9.08. The Morgan fingerprint density at radius 1 is 1.14 bits per heavy atom. The van der Waals surface area contributed by atoms with Crippen LogP contribution >= 0.6 is 0 Å². The summed E-state index contributed by atoms with van der Waals surface area (Å²) in [6, 6.07) is 8.33. The van der Waals surface area contributed by atoms with E-state index in [1.807, 2.05) is 64.1 Å². The Kier molecular flexibility index (Phi) is 12.0. The number of cyclic esters (lactones) is 1. The quantitative estimate of drug-likeness (QED) is 0.368. The van der Waals surface area contributed by atoms with Crippen LogP contribution in [0.25, 0.3) is 0 Å². The molecule has 1 aromatic carbocycles. The van der Waals surface area contributed by atoms with Gasteiger partial charge in [-0.3, -0.25) is 9.59 Å². The number of nitrogens with zero attached hydrogens (tertiary/aromatic N) is 1. The smallest absolute Gasteiger partial charge is 0.329 e. The fourth-order valence-corrected chi connectivity index (χ4v) is 4.65. The van der Waals surface area contributed by atoms with Gasteiger partial charge in [0.1, 0.15) is 18.4 Å². The molecule has 2 heterocycles. The first kappa shape index (κ1) is 32.3. The van der Waals surface area contributed by atoms with E-state index in [1.165, 1.54) is 12.3 Å². The summed E-state index contributed by atoms with van der Waals surface area (Å²) in [4.78, 5) is 43.4. The van der Waals surface area contributed by atoms with Crippen molar-refractivity contribution in [2.24, 2.45) is 11.8 Å². The third kappa shape index (κ3) is 10.3. The highest BCUT2D eigenvalue weighted by molar-refractivity contribution is 5.95. The van der Waals surface area contributed by atoms with Gasteiger partial charge in [0.15, 0.2) is 11.6 Å². The zero-order chi connectivity index (χ0) is 30.6. The van der Waals surface area contributed by atoms with E-state index < -0.39 is 30.1 Å². The number of amides is 2. The summed E-state index contributed by atoms with van der Waals surface area (Å²) in [5.74, 6) is -1.51. The predicted molar refractivity (Wildman–Crippen MR) is 160 cm³/mol. The summed E-state index contributed by atoms with van der Waals surface area (Å²) in [5.41, 5.74) is 2.36. The molecule has 3 N–H and O–H groups in total. The average Bonchev–Trinajstić information content (AvgIpc) is 3.40. The Morgan fingerprint density at radius 3 is 2.60 bits per heavy atom. The number of aliphatic hydroxyl groups excluding tert-OH is 1. The van der Waals surface area contributed by atoms with Gasteiger partial charge in [0, 0.05) is 25.3 Å². The summed E-state index contributed by atoms with van der Waals surface area (Å²) < 4.78 is 11.5. The summed E-state index contributed by atoms with van der Waals surface area (Å²) in [6.45, 7) is 11.9. The van der Waals surface area contributed by atoms with Gasteiger partial charge in [0.05, 0.1) is 6.10 Å². The topological polar surface area (TPSA) is 131 Å². The summed E-state index contributed by atoms with van der Waals surface area (Å²) in [7, 11) is 0. The third-order valence-electron chi connectivity index (χ3n) is 6.76. The molecule has 1 aromatic heterocycles. The van der Waals surface area contributed by atoms with E-state index in [1.54, 1.807) is 18.2 Å². The molecule has 0 radical (unpaired) electrons. The highest BCUT2D eigenvalue weighted by Crippen LogP contribution is 2.20. The van der Waals surface area contributed by atoms with Crippen LogP contribution in [-0.2, 0) is 27.2 Å². The predicted octanol–water partition coefficient (Wildman–Crippen LogP) is 4.26. The van der Waals surface area contributed by atoms with Crippen LogP contribution in [0.4, 0.5) is 0 Å². The van der Waals surface area contributed by atoms with Gasteiger partial charge in [0.25, 0.3) is 5.91 Å². The number of carbonyl (C=O) groups is 3. The average molecular weight is 576 g/mol. The molecule has 42 heavy (non-hydrogen) atoms. The fraction of sp³-hybridized carbons (Fsp3) is 0.394. The molecule has 0 unspecified atom stereocenters. The van der Waals surface area contributed by atoms with E-state index in [-0.39, 0.29) is 48.6 Å². The van der Waals surface area contributed by atoms with Crippen LogP contribution in [0.2, 0.25) is 0 Å². The van der Waals surface area contributed by atoms with Gasteiger partial charge >= 0.3 is 5.97 Å². The van der Waals surface area contributed by atoms with Crippen LogP contribution in [0, 0.1) is 11.8 Å². The second-order valence-corrected chi connectivity index (χ2v) is 11.0. The zero-order valence-electron chi connectivity index (χ0n) is 24.7. The van der Waals surface area contributed by atoms with Crippen molar-refractivity contribution in [1.82, 2.24) is 15.6 Å². The zero-order valence-corrected chi connectivity index (χ0v) is 24.7. The Bertz CT molecular complexity index is 1320. The van der Waals surface area contributed by atoms with Gasteiger partial charge in [-0.2, -0.15) is 0 Å². The second kappa shape index (κ2) is 15.7. The first-order chi connectivity index (χ1) is 20.0. The van der Waals surface area contributed by atoms with E-state index >= 15 is 0 Å². The minimum absolute atomic E-state index is 0.0196. The number of rotatable bonds is 3. The normalized spacial score (nSPS) is 26.4. The van der Waals surface area contributed by atoms with Gasteiger partial charge in [0.2, 0.25) is 5.91 Å². The Hall–Kier alpha value is -4.24. The van der Waals surface area contributed by atoms with E-state index in [4.69, 9.17) is 9.15 Å². The molecule has 2 aromatic rings. The van der Waals surface area contributed by atoms with Crippen LogP contribution in [-0.4, -0.2) is 52.7 Å². The van der Waals surface area contributed by atoms with E-state index in [0.29, 0.717) is 12.1 Å². The standard InChI is InChI=1S/C33H41N3O6/c1-21(2)31-24(5)13-14-29(38)34-15-9-10-22(3)16-26(37)17-23(4)18-30-35-28(20-41-30)32(39)36-27(33(40)42-31)19-25-11-7-6-8-12-25/h6-14,16,20-21,24,26-27,31,37H,4,15,17-19H2,1-3,5H3,(H,34,38)(H,36,39)/b10-9+,14-13+,22-16+/t24-,26-,27-,31-/m1/s1. The number of allylic oxidation sites excluding steroid dienone is 2. The van der Waals surface area contributed by atoms with Crippen molar-refractivity contribution < 1.29 is 28.6 Å². The molecule has 3 rings (SSSR count). The van der Waals surface area contributed by atoms with Gasteiger partial charge < -0.3 is 24.9 Å². The number of aromatic nitrogens is 1. The number of hydrogen-bond acceptors (Lipinski definition) is 7. The maximum absolute atomic E-state index is 13.5. The molecule has 1 aliphatic heterocycles. The molecule has 0 saturated carbocycles. The molecule has 2 bridgehead atoms. The molecular formula is C33H41N3O6. The minimum Gasteiger partial charge on any atom is -0.460 e. The van der Waals surface area contributed by atoms with Crippen molar-refractivity contribution in [1.29, 1.82) is 0 Å². The number of benzene rings is 1. The van der Waals surface area contributed by atoms with E-state index in [2.05, 4.69) is 22.2 Å². The first-order valence-electron chi connectivity index (χ1n) is 14.2. The van der Waals surface area contributed by atoms with Crippen LogP contribution in [0.1, 0.15) is 56.1 Å². The molecule has 9 nitrogen and oxygen atoms in total. The van der Waals surface area contributed by atoms with Crippen molar-refractivity contribution in [2.75, 3.05) is 6.54 Å². The van der Waals surface area contributed by atoms with Crippen molar-refractivity contribution in [3.8, 4) is 0 Å². The number of aliphatic hydroxyl groups is 1. The maximum atomic E-state index is 13.5. The van der Waals surface area contributed by atoms with Crippen LogP contribution in [0.15, 0.2) is 89.1 Å². The molecule has 2 amide bonds. The number of nitrogens with one attached hydrogen (secondary N) is 2. The highest BCUT2D eigenvalue weighted by Gasteiger charge is 2.30. The Morgan fingerprint density at radius 2 is 1.88 bits per heavy atom. The lowest BCUT2D eigenvalue weighted by Crippen LogP contribution is -2.46. The lowest BCUT2D eigenvalue weighted by Gasteiger charge is -2.28. The van der Waals surface area contributed by atoms with Gasteiger partial charge in [-0.05, 0) is 30.9 Å². The SMILES string of the molecule is C=C1Cc2nc(co2)C(=O)N[C@H](Cc2ccccc2)C(=O)O[C@H](C(C)C)[C@H](C)/C=C/C(=O)NC/C=C/C(C)=C/[C@@H](O)C1. The number of ether oxygens (including phenoxy) is 1. The number of esters is 1. The molecule has 0 fully saturated rings. The minimum atomic E-state index is -0.991. The second-order valence-electron chi connectivity index (χ2n) is 11.0. The van der Waals surface area contributed by atoms with Gasteiger partial charge in [-0.15, -0.1) is 0 Å². The van der Waals surface area contributed by atoms with Crippen LogP contribution in [0.3, 0.4) is 0 Å².